The largest absolute Gasteiger partial charge is 0.494 e. The molecule has 0 radical (unpaired) electrons. The molecular weight excluding hydrogens is 277 g/mol. The van der Waals surface area contributed by atoms with Gasteiger partial charge in [0.15, 0.2) is 0 Å². The fraction of sp³-hybridized carbons (Fsp3) is 0.333. The van der Waals surface area contributed by atoms with Gasteiger partial charge >= 0.3 is 5.97 Å². The van der Waals surface area contributed by atoms with Gasteiger partial charge in [-0.1, -0.05) is 12.2 Å². The van der Waals surface area contributed by atoms with Crippen LogP contribution in [0, 0.1) is 17.7 Å². The molecule has 2 N–H and O–H groups in total. The summed E-state index contributed by atoms with van der Waals surface area (Å²) in [4.78, 5) is 23.5. The number of carboxylic acids is 1. The lowest BCUT2D eigenvalue weighted by atomic mass is 9.82. The van der Waals surface area contributed by atoms with Crippen molar-refractivity contribution < 1.29 is 23.8 Å². The number of anilines is 1. The Hall–Kier alpha value is -2.37. The molecule has 6 heteroatoms. The monoisotopic (exact) mass is 293 g/mol. The van der Waals surface area contributed by atoms with Crippen molar-refractivity contribution in [1.82, 2.24) is 0 Å². The van der Waals surface area contributed by atoms with Crippen molar-refractivity contribution in [2.75, 3.05) is 12.4 Å². The van der Waals surface area contributed by atoms with Crippen LogP contribution >= 0.6 is 0 Å². The fourth-order valence-corrected chi connectivity index (χ4v) is 2.37. The molecule has 112 valence electrons. The van der Waals surface area contributed by atoms with Gasteiger partial charge < -0.3 is 15.2 Å². The summed E-state index contributed by atoms with van der Waals surface area (Å²) in [6.45, 7) is 0. The number of hydrogen-bond acceptors (Lipinski definition) is 3. The fourth-order valence-electron chi connectivity index (χ4n) is 2.37. The third-order valence-corrected chi connectivity index (χ3v) is 3.51. The highest BCUT2D eigenvalue weighted by atomic mass is 19.1. The Morgan fingerprint density at radius 2 is 1.95 bits per heavy atom. The number of amides is 1. The van der Waals surface area contributed by atoms with Gasteiger partial charge in [-0.05, 0) is 25.0 Å². The van der Waals surface area contributed by atoms with Crippen LogP contribution in [0.15, 0.2) is 30.4 Å². The minimum Gasteiger partial charge on any atom is -0.494 e. The molecule has 0 saturated carbocycles. The lowest BCUT2D eigenvalue weighted by molar-refractivity contribution is -0.146. The summed E-state index contributed by atoms with van der Waals surface area (Å²) in [5, 5.41) is 11.8. The van der Waals surface area contributed by atoms with Crippen LogP contribution in [0.4, 0.5) is 10.1 Å². The second-order valence-corrected chi connectivity index (χ2v) is 4.83. The van der Waals surface area contributed by atoms with Gasteiger partial charge in [0.2, 0.25) is 5.91 Å². The van der Waals surface area contributed by atoms with E-state index in [2.05, 4.69) is 5.32 Å². The van der Waals surface area contributed by atoms with E-state index in [0.29, 0.717) is 18.5 Å². The first-order chi connectivity index (χ1) is 10.0. The van der Waals surface area contributed by atoms with E-state index >= 15 is 0 Å². The molecule has 1 aliphatic rings. The van der Waals surface area contributed by atoms with Crippen molar-refractivity contribution >= 4 is 17.6 Å². The molecule has 0 fully saturated rings. The number of aliphatic carboxylic acids is 1. The highest BCUT2D eigenvalue weighted by Crippen LogP contribution is 2.30. The molecule has 0 heterocycles. The molecule has 0 aromatic heterocycles. The summed E-state index contributed by atoms with van der Waals surface area (Å²) < 4.78 is 18.1. The molecule has 2 atom stereocenters. The van der Waals surface area contributed by atoms with E-state index < -0.39 is 29.5 Å². The van der Waals surface area contributed by atoms with Crippen LogP contribution in [-0.4, -0.2) is 24.1 Å². The third-order valence-electron chi connectivity index (χ3n) is 3.51. The van der Waals surface area contributed by atoms with Crippen molar-refractivity contribution in [3.63, 3.8) is 0 Å². The third kappa shape index (κ3) is 3.39. The van der Waals surface area contributed by atoms with Crippen molar-refractivity contribution in [2.24, 2.45) is 11.8 Å². The SMILES string of the molecule is COc1cc(F)ccc1NC(=O)[C@@H]1CC=CC[C@@H]1C(=O)O. The number of ether oxygens (including phenoxy) is 1. The number of rotatable bonds is 4. The van der Waals surface area contributed by atoms with Crippen LogP contribution in [0.5, 0.6) is 5.75 Å². The molecule has 1 amide bonds. The smallest absolute Gasteiger partial charge is 0.307 e. The van der Waals surface area contributed by atoms with E-state index in [1.165, 1.54) is 19.2 Å². The average molecular weight is 293 g/mol. The minimum absolute atomic E-state index is 0.196. The van der Waals surface area contributed by atoms with Crippen molar-refractivity contribution in [1.29, 1.82) is 0 Å². The Morgan fingerprint density at radius 3 is 2.57 bits per heavy atom. The molecule has 0 spiro atoms. The normalized spacial score (nSPS) is 20.9. The molecule has 0 bridgehead atoms. The van der Waals surface area contributed by atoms with Crippen molar-refractivity contribution in [2.45, 2.75) is 12.8 Å². The van der Waals surface area contributed by atoms with Crippen LogP contribution in [0.2, 0.25) is 0 Å². The van der Waals surface area contributed by atoms with Crippen molar-refractivity contribution in [3.05, 3.63) is 36.2 Å². The number of hydrogen-bond donors (Lipinski definition) is 2. The van der Waals surface area contributed by atoms with Crippen LogP contribution in [0.1, 0.15) is 12.8 Å². The van der Waals surface area contributed by atoms with Gasteiger partial charge in [-0.2, -0.15) is 0 Å². The number of halogens is 1. The van der Waals surface area contributed by atoms with E-state index in [0.717, 1.165) is 6.07 Å². The van der Waals surface area contributed by atoms with Gasteiger partial charge in [-0.25, -0.2) is 4.39 Å². The maximum atomic E-state index is 13.1. The number of benzene rings is 1. The molecule has 0 saturated heterocycles. The Labute approximate surface area is 121 Å². The van der Waals surface area contributed by atoms with E-state index in [4.69, 9.17) is 4.74 Å². The maximum Gasteiger partial charge on any atom is 0.307 e. The first kappa shape index (κ1) is 15.0. The summed E-state index contributed by atoms with van der Waals surface area (Å²) in [6.07, 6.45) is 4.26. The summed E-state index contributed by atoms with van der Waals surface area (Å²) in [7, 11) is 1.37. The quantitative estimate of drug-likeness (QED) is 0.836. The van der Waals surface area contributed by atoms with E-state index in [-0.39, 0.29) is 5.75 Å². The van der Waals surface area contributed by atoms with Gasteiger partial charge in [-0.15, -0.1) is 0 Å². The molecule has 0 aliphatic heterocycles. The second-order valence-electron chi connectivity index (χ2n) is 4.83. The Bertz CT molecular complexity index is 585. The molecule has 5 nitrogen and oxygen atoms in total. The van der Waals surface area contributed by atoms with Crippen LogP contribution in [0.3, 0.4) is 0 Å². The van der Waals surface area contributed by atoms with Gasteiger partial charge in [0, 0.05) is 6.07 Å². The maximum absolute atomic E-state index is 13.1. The first-order valence-electron chi connectivity index (χ1n) is 6.55. The van der Waals surface area contributed by atoms with E-state index in [9.17, 15) is 19.1 Å². The molecule has 21 heavy (non-hydrogen) atoms. The summed E-state index contributed by atoms with van der Waals surface area (Å²) in [5.41, 5.74) is 0.322. The summed E-state index contributed by atoms with van der Waals surface area (Å²) >= 11 is 0. The van der Waals surface area contributed by atoms with E-state index in [1.807, 2.05) is 0 Å². The van der Waals surface area contributed by atoms with Crippen LogP contribution < -0.4 is 10.1 Å². The van der Waals surface area contributed by atoms with Crippen molar-refractivity contribution in [3.8, 4) is 5.75 Å². The topological polar surface area (TPSA) is 75.6 Å². The highest BCUT2D eigenvalue weighted by molar-refractivity contribution is 5.96. The predicted molar refractivity (Wildman–Crippen MR) is 74.6 cm³/mol. The Kier molecular flexibility index (Phi) is 4.57. The van der Waals surface area contributed by atoms with E-state index in [1.54, 1.807) is 12.2 Å². The molecular formula is C15H16FNO4. The van der Waals surface area contributed by atoms with Crippen LogP contribution in [0.25, 0.3) is 0 Å². The molecule has 1 aromatic rings. The number of nitrogens with one attached hydrogen (secondary N) is 1. The number of carboxylic acid groups (broad SMARTS) is 1. The summed E-state index contributed by atoms with van der Waals surface area (Å²) in [6, 6.07) is 3.75. The van der Waals surface area contributed by atoms with Gasteiger partial charge in [0.1, 0.15) is 11.6 Å². The zero-order chi connectivity index (χ0) is 15.4. The Morgan fingerprint density at radius 1 is 1.29 bits per heavy atom. The molecule has 0 unspecified atom stereocenters. The number of allylic oxidation sites excluding steroid dienone is 2. The predicted octanol–water partition coefficient (Wildman–Crippen LogP) is 2.44. The average Bonchev–Trinajstić information content (AvgIpc) is 2.48. The Balaban J connectivity index is 2.17. The van der Waals surface area contributed by atoms with Crippen LogP contribution in [-0.2, 0) is 9.59 Å². The highest BCUT2D eigenvalue weighted by Gasteiger charge is 2.34. The van der Waals surface area contributed by atoms with Gasteiger partial charge in [-0.3, -0.25) is 9.59 Å². The standard InChI is InChI=1S/C15H16FNO4/c1-21-13-8-9(16)6-7-12(13)17-14(18)10-4-2-3-5-11(10)15(19)20/h2-3,6-8,10-11H,4-5H2,1H3,(H,17,18)(H,19,20)/t10-,11+/m1/s1. The zero-order valence-electron chi connectivity index (χ0n) is 11.5. The molecule has 2 rings (SSSR count). The molecule has 1 aliphatic carbocycles. The zero-order valence-corrected chi connectivity index (χ0v) is 11.5. The van der Waals surface area contributed by atoms with Gasteiger partial charge in [0.05, 0.1) is 24.6 Å². The molecule has 1 aromatic carbocycles. The minimum atomic E-state index is -0.995. The lowest BCUT2D eigenvalue weighted by Gasteiger charge is -2.24. The number of carbonyl (C=O) groups is 2. The summed E-state index contributed by atoms with van der Waals surface area (Å²) in [5.74, 6) is -3.08. The second kappa shape index (κ2) is 6.39. The first-order valence-corrected chi connectivity index (χ1v) is 6.55. The number of carbonyl (C=O) groups excluding carboxylic acids is 1. The lowest BCUT2D eigenvalue weighted by Crippen LogP contribution is -2.34. The van der Waals surface area contributed by atoms with Gasteiger partial charge in [0.25, 0.3) is 0 Å². The number of methoxy groups -OCH3 is 1.